The van der Waals surface area contributed by atoms with Crippen LogP contribution in [0, 0.1) is 0 Å². The number of carbonyl (C=O) groups is 1. The molecule has 0 unspecified atom stereocenters. The Bertz CT molecular complexity index is 506. The van der Waals surface area contributed by atoms with Gasteiger partial charge in [0.05, 0.1) is 20.6 Å². The summed E-state index contributed by atoms with van der Waals surface area (Å²) in [5.74, 6) is 0.401. The number of Topliss-reactive ketones (excluding diaryl/α,β-unsaturated/α-hetero) is 1. The summed E-state index contributed by atoms with van der Waals surface area (Å²) in [6.07, 6.45) is 21.3. The SMILES string of the molecule is CCCCCCCCCCCCCCCCCC(=O)C[N+](C)(C)CCN.O=S(=O)([O-])[O-].[NH4+]. The van der Waals surface area contributed by atoms with E-state index in [1.54, 1.807) is 0 Å². The van der Waals surface area contributed by atoms with Gasteiger partial charge in [-0.3, -0.25) is 13.2 Å². The molecule has 0 atom stereocenters. The van der Waals surface area contributed by atoms with Crippen LogP contribution in [0.25, 0.3) is 0 Å². The minimum Gasteiger partial charge on any atom is -0.759 e. The number of carbonyl (C=O) groups excluding carboxylic acids is 1. The molecule has 0 amide bonds. The fraction of sp³-hybridized carbons (Fsp3) is 0.957. The van der Waals surface area contributed by atoms with Crippen LogP contribution in [0.1, 0.15) is 110 Å². The van der Waals surface area contributed by atoms with Crippen LogP contribution in [0.3, 0.4) is 0 Å². The van der Waals surface area contributed by atoms with Crippen LogP contribution >= 0.6 is 0 Å². The first-order valence-corrected chi connectivity index (χ1v) is 13.6. The third-order valence-electron chi connectivity index (χ3n) is 5.40. The van der Waals surface area contributed by atoms with Gasteiger partial charge in [-0.1, -0.05) is 96.8 Å². The number of quaternary nitrogens is 2. The molecule has 0 rings (SSSR count). The Kier molecular flexibility index (Phi) is 26.5. The van der Waals surface area contributed by atoms with Gasteiger partial charge in [-0.25, -0.2) is 0 Å². The molecule has 0 heterocycles. The van der Waals surface area contributed by atoms with Gasteiger partial charge < -0.3 is 25.5 Å². The first-order valence-electron chi connectivity index (χ1n) is 12.2. The standard InChI is InChI=1S/C23H49N2O.H3N.H2O4S/c1-4-5-6-7-8-9-10-11-12-13-14-15-16-17-18-19-23(26)22-25(2,3)21-20-24;;1-5(2,3)4/h4-22,24H2,1-3H3;1H3;(H2,1,2,3,4)/q+1;;/p-1. The van der Waals surface area contributed by atoms with Gasteiger partial charge in [0, 0.05) is 23.4 Å². The summed E-state index contributed by atoms with van der Waals surface area (Å²) in [6.45, 7) is 4.45. The van der Waals surface area contributed by atoms with Crippen LogP contribution < -0.4 is 11.9 Å². The van der Waals surface area contributed by atoms with Crippen molar-refractivity contribution in [2.24, 2.45) is 5.73 Å². The molecule has 0 fully saturated rings. The van der Waals surface area contributed by atoms with Gasteiger partial charge in [0.2, 0.25) is 0 Å². The number of ketones is 1. The molecule has 0 radical (unpaired) electrons. The summed E-state index contributed by atoms with van der Waals surface area (Å²) in [5, 5.41) is 0. The third kappa shape index (κ3) is 36.8. The summed E-state index contributed by atoms with van der Waals surface area (Å²) in [6, 6.07) is 0. The summed E-state index contributed by atoms with van der Waals surface area (Å²) in [4.78, 5) is 12.0. The molecular weight excluding hydrogens is 430 g/mol. The van der Waals surface area contributed by atoms with Crippen molar-refractivity contribution in [3.05, 3.63) is 0 Å². The summed E-state index contributed by atoms with van der Waals surface area (Å²) in [7, 11) is -0.978. The first kappa shape index (κ1) is 36.0. The van der Waals surface area contributed by atoms with Crippen LogP contribution in [-0.2, 0) is 15.2 Å². The highest BCUT2D eigenvalue weighted by atomic mass is 32.3. The highest BCUT2D eigenvalue weighted by molar-refractivity contribution is 7.79. The van der Waals surface area contributed by atoms with Crippen LogP contribution in [0.5, 0.6) is 0 Å². The Labute approximate surface area is 198 Å². The zero-order chi connectivity index (χ0) is 24.0. The van der Waals surface area contributed by atoms with Crippen molar-refractivity contribution >= 4 is 16.2 Å². The lowest BCUT2D eigenvalue weighted by Gasteiger charge is -2.28. The summed E-state index contributed by atoms with van der Waals surface area (Å²) < 4.78 is 34.8. The number of rotatable bonds is 20. The largest absolute Gasteiger partial charge is 0.759 e. The molecule has 0 aliphatic carbocycles. The minimum atomic E-state index is -5.17. The van der Waals surface area contributed by atoms with Gasteiger partial charge >= 0.3 is 0 Å². The molecule has 32 heavy (non-hydrogen) atoms. The summed E-state index contributed by atoms with van der Waals surface area (Å²) in [5.41, 5.74) is 5.60. The predicted octanol–water partition coefficient (Wildman–Crippen LogP) is 4.89. The van der Waals surface area contributed by atoms with Crippen LogP contribution in [0.2, 0.25) is 0 Å². The second-order valence-corrected chi connectivity index (χ2v) is 10.1. The molecule has 0 aromatic heterocycles. The van der Waals surface area contributed by atoms with E-state index in [1.807, 2.05) is 0 Å². The number of hydrogen-bond acceptors (Lipinski definition) is 6. The number of nitrogens with two attached hydrogens (primary N) is 1. The van der Waals surface area contributed by atoms with Crippen LogP contribution in [0.4, 0.5) is 0 Å². The molecule has 0 saturated heterocycles. The Balaban J connectivity index is -0.00000125. The van der Waals surface area contributed by atoms with Gasteiger partial charge in [0.1, 0.15) is 6.54 Å². The predicted molar refractivity (Wildman–Crippen MR) is 132 cm³/mol. The van der Waals surface area contributed by atoms with E-state index in [-0.39, 0.29) is 6.15 Å². The van der Waals surface area contributed by atoms with E-state index < -0.39 is 10.4 Å². The molecular formula is C23H53N3O5S. The molecule has 0 aromatic rings. The average Bonchev–Trinajstić information content (AvgIpc) is 2.63. The quantitative estimate of drug-likeness (QED) is 0.108. The third-order valence-corrected chi connectivity index (χ3v) is 5.40. The second-order valence-electron chi connectivity index (χ2n) is 9.25. The van der Waals surface area contributed by atoms with E-state index in [2.05, 4.69) is 21.0 Å². The molecule has 196 valence electrons. The van der Waals surface area contributed by atoms with Gasteiger partial charge in [-0.05, 0) is 6.42 Å². The smallest absolute Gasteiger partial charge is 0.186 e. The molecule has 8 nitrogen and oxygen atoms in total. The van der Waals surface area contributed by atoms with Gasteiger partial charge in [-0.2, -0.15) is 0 Å². The van der Waals surface area contributed by atoms with Crippen molar-refractivity contribution in [2.45, 2.75) is 110 Å². The fourth-order valence-electron chi connectivity index (χ4n) is 3.68. The highest BCUT2D eigenvalue weighted by Gasteiger charge is 2.18. The zero-order valence-corrected chi connectivity index (χ0v) is 22.2. The van der Waals surface area contributed by atoms with Gasteiger partial charge in [0.15, 0.2) is 5.78 Å². The molecule has 0 aromatic carbocycles. The van der Waals surface area contributed by atoms with Crippen LogP contribution in [0.15, 0.2) is 0 Å². The van der Waals surface area contributed by atoms with Crippen molar-refractivity contribution in [3.63, 3.8) is 0 Å². The zero-order valence-electron chi connectivity index (χ0n) is 21.4. The lowest BCUT2D eigenvalue weighted by Crippen LogP contribution is -2.46. The maximum Gasteiger partial charge on any atom is 0.186 e. The fourth-order valence-corrected chi connectivity index (χ4v) is 3.68. The maximum absolute atomic E-state index is 12.0. The molecule has 0 aliphatic heterocycles. The Morgan fingerprint density at radius 1 is 0.750 bits per heavy atom. The molecule has 0 aliphatic rings. The lowest BCUT2D eigenvalue weighted by atomic mass is 10.0. The van der Waals surface area contributed by atoms with Gasteiger partial charge in [-0.15, -0.1) is 0 Å². The first-order chi connectivity index (χ1) is 14.5. The second kappa shape index (κ2) is 23.6. The van der Waals surface area contributed by atoms with Crippen molar-refractivity contribution in [2.75, 3.05) is 33.7 Å². The average molecular weight is 484 g/mol. The van der Waals surface area contributed by atoms with E-state index in [0.29, 0.717) is 18.9 Å². The van der Waals surface area contributed by atoms with Gasteiger partial charge in [0.25, 0.3) is 0 Å². The van der Waals surface area contributed by atoms with Crippen molar-refractivity contribution in [1.29, 1.82) is 0 Å². The monoisotopic (exact) mass is 483 g/mol. The summed E-state index contributed by atoms with van der Waals surface area (Å²) >= 11 is 0. The Hall–Kier alpha value is -0.580. The highest BCUT2D eigenvalue weighted by Crippen LogP contribution is 2.14. The molecule has 0 spiro atoms. The number of nitrogens with zero attached hydrogens (tertiary/aromatic N) is 1. The topological polar surface area (TPSA) is 160 Å². The lowest BCUT2D eigenvalue weighted by molar-refractivity contribution is -0.880. The number of likely N-dealkylation sites (N-methyl/N-ethyl adjacent to an activating group) is 1. The molecule has 9 heteroatoms. The van der Waals surface area contributed by atoms with E-state index in [4.69, 9.17) is 23.3 Å². The Morgan fingerprint density at radius 2 is 1.06 bits per heavy atom. The molecule has 0 bridgehead atoms. The number of hydrogen-bond donors (Lipinski definition) is 2. The van der Waals surface area contributed by atoms with Crippen LogP contribution in [-0.4, -0.2) is 61.5 Å². The normalized spacial score (nSPS) is 11.4. The Morgan fingerprint density at radius 3 is 1.38 bits per heavy atom. The molecule has 0 saturated carbocycles. The van der Waals surface area contributed by atoms with Crippen molar-refractivity contribution in [3.8, 4) is 0 Å². The molecule has 6 N–H and O–H groups in total. The van der Waals surface area contributed by atoms with Crippen molar-refractivity contribution < 1.29 is 26.8 Å². The number of unbranched alkanes of at least 4 members (excludes halogenated alkanes) is 14. The minimum absolute atomic E-state index is 0. The van der Waals surface area contributed by atoms with Crippen molar-refractivity contribution in [1.82, 2.24) is 6.15 Å². The maximum atomic E-state index is 12.0. The van der Waals surface area contributed by atoms with E-state index >= 15 is 0 Å². The van der Waals surface area contributed by atoms with E-state index in [1.165, 1.54) is 89.9 Å². The van der Waals surface area contributed by atoms with E-state index in [9.17, 15) is 4.79 Å². The van der Waals surface area contributed by atoms with E-state index in [0.717, 1.165) is 23.9 Å².